The van der Waals surface area contributed by atoms with Crippen molar-refractivity contribution in [1.29, 1.82) is 0 Å². The molecule has 1 aromatic rings. The summed E-state index contributed by atoms with van der Waals surface area (Å²) in [7, 11) is 0. The lowest BCUT2D eigenvalue weighted by Gasteiger charge is -2.17. The maximum atomic E-state index is 4.65. The molecule has 0 spiro atoms. The lowest BCUT2D eigenvalue weighted by molar-refractivity contribution is 0.414. The molecule has 1 fully saturated rings. The number of rotatable bonds is 7. The number of hydrogen-bond donors (Lipinski definition) is 1. The van der Waals surface area contributed by atoms with Crippen molar-refractivity contribution in [2.45, 2.75) is 65.0 Å². The summed E-state index contributed by atoms with van der Waals surface area (Å²) in [6.07, 6.45) is 7.14. The molecule has 0 bridgehead atoms. The minimum atomic E-state index is 0.584. The Kier molecular flexibility index (Phi) is 4.21. The zero-order chi connectivity index (χ0) is 12.3. The predicted molar refractivity (Wildman–Crippen MR) is 71.2 cm³/mol. The molecule has 96 valence electrons. The summed E-state index contributed by atoms with van der Waals surface area (Å²) >= 11 is 0. The van der Waals surface area contributed by atoms with E-state index in [0.29, 0.717) is 6.04 Å². The van der Waals surface area contributed by atoms with Gasteiger partial charge in [-0.25, -0.2) is 0 Å². The molecule has 0 amide bonds. The van der Waals surface area contributed by atoms with Crippen LogP contribution in [0.2, 0.25) is 0 Å². The first-order valence-corrected chi connectivity index (χ1v) is 7.08. The summed E-state index contributed by atoms with van der Waals surface area (Å²) in [6.45, 7) is 8.68. The van der Waals surface area contributed by atoms with Crippen LogP contribution in [-0.4, -0.2) is 16.3 Å². The van der Waals surface area contributed by atoms with Crippen LogP contribution in [0, 0.1) is 0 Å². The zero-order valence-electron chi connectivity index (χ0n) is 11.4. The minimum Gasteiger partial charge on any atom is -0.313 e. The van der Waals surface area contributed by atoms with Crippen LogP contribution < -0.4 is 5.32 Å². The molecule has 0 radical (unpaired) electrons. The molecular weight excluding hydrogens is 210 g/mol. The van der Waals surface area contributed by atoms with E-state index in [9.17, 15) is 0 Å². The molecule has 1 aliphatic rings. The zero-order valence-corrected chi connectivity index (χ0v) is 11.4. The van der Waals surface area contributed by atoms with Gasteiger partial charge in [0.15, 0.2) is 0 Å². The maximum absolute atomic E-state index is 4.65. The van der Waals surface area contributed by atoms with Crippen LogP contribution in [0.25, 0.3) is 0 Å². The van der Waals surface area contributed by atoms with Crippen LogP contribution >= 0.6 is 0 Å². The summed E-state index contributed by atoms with van der Waals surface area (Å²) in [5, 5.41) is 8.07. The third kappa shape index (κ3) is 2.71. The fourth-order valence-electron chi connectivity index (χ4n) is 2.53. The average molecular weight is 235 g/mol. The second-order valence-electron chi connectivity index (χ2n) is 5.02. The SMILES string of the molecule is CCNCc1cnn(C(CC)CC)c1C1CC1. The van der Waals surface area contributed by atoms with Crippen molar-refractivity contribution in [3.05, 3.63) is 17.5 Å². The molecule has 0 aromatic carbocycles. The van der Waals surface area contributed by atoms with E-state index in [1.54, 1.807) is 0 Å². The highest BCUT2D eigenvalue weighted by molar-refractivity contribution is 5.26. The Bertz CT molecular complexity index is 348. The molecule has 1 aromatic heterocycles. The van der Waals surface area contributed by atoms with E-state index in [0.717, 1.165) is 19.0 Å². The van der Waals surface area contributed by atoms with Gasteiger partial charge in [-0.3, -0.25) is 4.68 Å². The van der Waals surface area contributed by atoms with Crippen molar-refractivity contribution in [3.63, 3.8) is 0 Å². The van der Waals surface area contributed by atoms with Gasteiger partial charge in [-0.15, -0.1) is 0 Å². The van der Waals surface area contributed by atoms with Gasteiger partial charge in [0.25, 0.3) is 0 Å². The van der Waals surface area contributed by atoms with E-state index in [4.69, 9.17) is 0 Å². The molecule has 1 heterocycles. The van der Waals surface area contributed by atoms with Crippen molar-refractivity contribution < 1.29 is 0 Å². The number of hydrogen-bond acceptors (Lipinski definition) is 2. The topological polar surface area (TPSA) is 29.9 Å². The van der Waals surface area contributed by atoms with Gasteiger partial charge in [0.1, 0.15) is 0 Å². The first-order valence-electron chi connectivity index (χ1n) is 7.08. The molecular formula is C14H25N3. The summed E-state index contributed by atoms with van der Waals surface area (Å²) in [4.78, 5) is 0. The summed E-state index contributed by atoms with van der Waals surface area (Å²) < 4.78 is 2.31. The second-order valence-corrected chi connectivity index (χ2v) is 5.02. The van der Waals surface area contributed by atoms with E-state index >= 15 is 0 Å². The normalized spacial score (nSPS) is 15.8. The van der Waals surface area contributed by atoms with Gasteiger partial charge in [0, 0.05) is 23.7 Å². The summed E-state index contributed by atoms with van der Waals surface area (Å²) in [5.74, 6) is 0.784. The number of nitrogens with one attached hydrogen (secondary N) is 1. The third-order valence-corrected chi connectivity index (χ3v) is 3.73. The largest absolute Gasteiger partial charge is 0.313 e. The van der Waals surface area contributed by atoms with Gasteiger partial charge < -0.3 is 5.32 Å². The predicted octanol–water partition coefficient (Wildman–Crippen LogP) is 3.23. The molecule has 3 nitrogen and oxygen atoms in total. The Balaban J connectivity index is 2.22. The standard InChI is InChI=1S/C14H25N3/c1-4-13(5-2)17-14(11-7-8-11)12(10-16-17)9-15-6-3/h10-11,13,15H,4-9H2,1-3H3. The molecule has 1 saturated carbocycles. The molecule has 0 atom stereocenters. The van der Waals surface area contributed by atoms with Crippen LogP contribution in [0.3, 0.4) is 0 Å². The van der Waals surface area contributed by atoms with E-state index in [2.05, 4.69) is 42.1 Å². The average Bonchev–Trinajstić information content (AvgIpc) is 3.10. The monoisotopic (exact) mass is 235 g/mol. The van der Waals surface area contributed by atoms with Gasteiger partial charge in [-0.05, 0) is 32.2 Å². The molecule has 2 rings (SSSR count). The van der Waals surface area contributed by atoms with E-state index in [-0.39, 0.29) is 0 Å². The van der Waals surface area contributed by atoms with Gasteiger partial charge >= 0.3 is 0 Å². The Labute approximate surface area is 105 Å². The Hall–Kier alpha value is -0.830. The molecule has 1 aliphatic carbocycles. The minimum absolute atomic E-state index is 0.584. The highest BCUT2D eigenvalue weighted by atomic mass is 15.3. The lowest BCUT2D eigenvalue weighted by atomic mass is 10.1. The van der Waals surface area contributed by atoms with Crippen molar-refractivity contribution in [2.75, 3.05) is 6.54 Å². The first kappa shape index (κ1) is 12.6. The van der Waals surface area contributed by atoms with Crippen LogP contribution in [0.1, 0.15) is 69.7 Å². The summed E-state index contributed by atoms with van der Waals surface area (Å²) in [5.41, 5.74) is 2.93. The van der Waals surface area contributed by atoms with Gasteiger partial charge in [-0.2, -0.15) is 5.10 Å². The quantitative estimate of drug-likeness (QED) is 0.786. The van der Waals surface area contributed by atoms with E-state index < -0.39 is 0 Å². The van der Waals surface area contributed by atoms with Crippen molar-refractivity contribution >= 4 is 0 Å². The van der Waals surface area contributed by atoms with Crippen molar-refractivity contribution in [3.8, 4) is 0 Å². The van der Waals surface area contributed by atoms with Crippen LogP contribution in [0.4, 0.5) is 0 Å². The van der Waals surface area contributed by atoms with Crippen molar-refractivity contribution in [2.24, 2.45) is 0 Å². The first-order chi connectivity index (χ1) is 8.31. The number of nitrogens with zero attached hydrogens (tertiary/aromatic N) is 2. The van der Waals surface area contributed by atoms with Crippen LogP contribution in [0.15, 0.2) is 6.20 Å². The molecule has 0 unspecified atom stereocenters. The Morgan fingerprint density at radius 2 is 2.06 bits per heavy atom. The highest BCUT2D eigenvalue weighted by Gasteiger charge is 2.31. The Morgan fingerprint density at radius 3 is 2.59 bits per heavy atom. The van der Waals surface area contributed by atoms with Crippen LogP contribution in [-0.2, 0) is 6.54 Å². The van der Waals surface area contributed by atoms with E-state index in [1.807, 2.05) is 0 Å². The lowest BCUT2D eigenvalue weighted by Crippen LogP contribution is -2.15. The molecule has 17 heavy (non-hydrogen) atoms. The fourth-order valence-corrected chi connectivity index (χ4v) is 2.53. The smallest absolute Gasteiger partial charge is 0.0537 e. The Morgan fingerprint density at radius 1 is 1.35 bits per heavy atom. The highest BCUT2D eigenvalue weighted by Crippen LogP contribution is 2.43. The van der Waals surface area contributed by atoms with Gasteiger partial charge in [0.2, 0.25) is 0 Å². The maximum Gasteiger partial charge on any atom is 0.0537 e. The van der Waals surface area contributed by atoms with Crippen molar-refractivity contribution in [1.82, 2.24) is 15.1 Å². The molecule has 1 N–H and O–H groups in total. The number of aromatic nitrogens is 2. The van der Waals surface area contributed by atoms with Gasteiger partial charge in [-0.1, -0.05) is 20.8 Å². The van der Waals surface area contributed by atoms with Gasteiger partial charge in [0.05, 0.1) is 12.2 Å². The van der Waals surface area contributed by atoms with Crippen LogP contribution in [0.5, 0.6) is 0 Å². The second kappa shape index (κ2) is 5.67. The third-order valence-electron chi connectivity index (χ3n) is 3.73. The fraction of sp³-hybridized carbons (Fsp3) is 0.786. The van der Waals surface area contributed by atoms with E-state index in [1.165, 1.54) is 36.9 Å². The molecule has 0 aliphatic heterocycles. The molecule has 3 heteroatoms. The molecule has 0 saturated heterocycles. The summed E-state index contributed by atoms with van der Waals surface area (Å²) in [6, 6.07) is 0.584.